The second-order valence-electron chi connectivity index (χ2n) is 4.05. The topological polar surface area (TPSA) is 49.7 Å². The molecular formula is C8H15BO3. The van der Waals surface area contributed by atoms with E-state index >= 15 is 0 Å². The van der Waals surface area contributed by atoms with Gasteiger partial charge in [-0.1, -0.05) is 0 Å². The van der Waals surface area contributed by atoms with E-state index in [1.165, 1.54) is 6.42 Å². The van der Waals surface area contributed by atoms with Gasteiger partial charge in [0, 0.05) is 6.61 Å². The highest BCUT2D eigenvalue weighted by atomic mass is 16.5. The van der Waals surface area contributed by atoms with Crippen LogP contribution in [0.3, 0.4) is 0 Å². The molecule has 2 N–H and O–H groups in total. The zero-order chi connectivity index (χ0) is 8.60. The Morgan fingerprint density at radius 3 is 2.58 bits per heavy atom. The second-order valence-corrected chi connectivity index (χ2v) is 4.05. The number of hydrogen-bond acceptors (Lipinski definition) is 3. The standard InChI is InChI=1S/C8H15BO3/c10-9(11)7-2-5-12-8(6-7)3-1-4-8/h7,10-11H,1-6H2. The van der Waals surface area contributed by atoms with Crippen LogP contribution in [0.25, 0.3) is 0 Å². The van der Waals surface area contributed by atoms with E-state index in [0.29, 0.717) is 6.61 Å². The van der Waals surface area contributed by atoms with Crippen molar-refractivity contribution in [2.45, 2.75) is 43.5 Å². The summed E-state index contributed by atoms with van der Waals surface area (Å²) in [5, 5.41) is 18.1. The van der Waals surface area contributed by atoms with Crippen molar-refractivity contribution < 1.29 is 14.8 Å². The van der Waals surface area contributed by atoms with Crippen molar-refractivity contribution in [3.63, 3.8) is 0 Å². The van der Waals surface area contributed by atoms with Crippen LogP contribution in [-0.4, -0.2) is 29.4 Å². The van der Waals surface area contributed by atoms with Crippen molar-refractivity contribution in [3.05, 3.63) is 0 Å². The molecule has 1 saturated heterocycles. The van der Waals surface area contributed by atoms with Gasteiger partial charge in [-0.2, -0.15) is 0 Å². The van der Waals surface area contributed by atoms with Crippen LogP contribution in [0.1, 0.15) is 32.1 Å². The molecule has 12 heavy (non-hydrogen) atoms. The summed E-state index contributed by atoms with van der Waals surface area (Å²) in [4.78, 5) is 0. The maximum Gasteiger partial charge on any atom is 0.454 e. The molecule has 1 atom stereocenters. The molecule has 0 aromatic carbocycles. The van der Waals surface area contributed by atoms with E-state index in [0.717, 1.165) is 25.7 Å². The van der Waals surface area contributed by atoms with Gasteiger partial charge in [0.1, 0.15) is 0 Å². The van der Waals surface area contributed by atoms with Gasteiger partial charge in [-0.25, -0.2) is 0 Å². The summed E-state index contributed by atoms with van der Waals surface area (Å²) in [6.45, 7) is 0.697. The lowest BCUT2D eigenvalue weighted by atomic mass is 9.60. The van der Waals surface area contributed by atoms with Crippen LogP contribution in [0, 0.1) is 0 Å². The predicted molar refractivity (Wildman–Crippen MR) is 45.7 cm³/mol. The van der Waals surface area contributed by atoms with Gasteiger partial charge in [-0.05, 0) is 37.9 Å². The van der Waals surface area contributed by atoms with Crippen LogP contribution in [-0.2, 0) is 4.74 Å². The van der Waals surface area contributed by atoms with Crippen LogP contribution >= 0.6 is 0 Å². The van der Waals surface area contributed by atoms with E-state index in [9.17, 15) is 0 Å². The van der Waals surface area contributed by atoms with E-state index in [2.05, 4.69) is 0 Å². The van der Waals surface area contributed by atoms with Gasteiger partial charge in [0.2, 0.25) is 0 Å². The molecule has 68 valence electrons. The van der Waals surface area contributed by atoms with Crippen molar-refractivity contribution in [1.82, 2.24) is 0 Å². The molecular weight excluding hydrogens is 155 g/mol. The van der Waals surface area contributed by atoms with Crippen molar-refractivity contribution in [1.29, 1.82) is 0 Å². The van der Waals surface area contributed by atoms with Gasteiger partial charge in [-0.15, -0.1) is 0 Å². The largest absolute Gasteiger partial charge is 0.454 e. The Hall–Kier alpha value is -0.0551. The monoisotopic (exact) mass is 170 g/mol. The zero-order valence-corrected chi connectivity index (χ0v) is 7.20. The lowest BCUT2D eigenvalue weighted by molar-refractivity contribution is -0.129. The zero-order valence-electron chi connectivity index (χ0n) is 7.20. The third-order valence-corrected chi connectivity index (χ3v) is 3.22. The smallest absolute Gasteiger partial charge is 0.427 e. The summed E-state index contributed by atoms with van der Waals surface area (Å²) < 4.78 is 5.66. The summed E-state index contributed by atoms with van der Waals surface area (Å²) in [7, 11) is -1.15. The Bertz CT molecular complexity index is 168. The predicted octanol–water partition coefficient (Wildman–Crippen LogP) is 0.562. The molecule has 3 nitrogen and oxygen atoms in total. The lowest BCUT2D eigenvalue weighted by Gasteiger charge is -2.47. The van der Waals surface area contributed by atoms with E-state index in [4.69, 9.17) is 14.8 Å². The molecule has 0 radical (unpaired) electrons. The highest BCUT2D eigenvalue weighted by Gasteiger charge is 2.45. The van der Waals surface area contributed by atoms with Crippen LogP contribution in [0.2, 0.25) is 5.82 Å². The Morgan fingerprint density at radius 1 is 1.33 bits per heavy atom. The molecule has 2 fully saturated rings. The molecule has 2 rings (SSSR count). The van der Waals surface area contributed by atoms with E-state index in [1.54, 1.807) is 0 Å². The van der Waals surface area contributed by atoms with Crippen molar-refractivity contribution in [2.75, 3.05) is 6.61 Å². The van der Waals surface area contributed by atoms with Gasteiger partial charge < -0.3 is 14.8 Å². The van der Waals surface area contributed by atoms with E-state index in [1.807, 2.05) is 0 Å². The first kappa shape index (κ1) is 8.54. The van der Waals surface area contributed by atoms with Crippen molar-refractivity contribution in [3.8, 4) is 0 Å². The summed E-state index contributed by atoms with van der Waals surface area (Å²) in [6.07, 6.45) is 5.07. The number of rotatable bonds is 1. The van der Waals surface area contributed by atoms with Gasteiger partial charge in [-0.3, -0.25) is 0 Å². The summed E-state index contributed by atoms with van der Waals surface area (Å²) in [5.41, 5.74) is 0.0344. The molecule has 4 heteroatoms. The third kappa shape index (κ3) is 1.39. The molecule has 1 aliphatic carbocycles. The summed E-state index contributed by atoms with van der Waals surface area (Å²) >= 11 is 0. The molecule has 1 unspecified atom stereocenters. The minimum absolute atomic E-state index is 0.0344. The minimum atomic E-state index is -1.15. The highest BCUT2D eigenvalue weighted by Crippen LogP contribution is 2.46. The fourth-order valence-corrected chi connectivity index (χ4v) is 2.24. The van der Waals surface area contributed by atoms with E-state index < -0.39 is 7.12 Å². The molecule has 1 heterocycles. The molecule has 1 aliphatic heterocycles. The van der Waals surface area contributed by atoms with Gasteiger partial charge in [0.15, 0.2) is 0 Å². The number of hydrogen-bond donors (Lipinski definition) is 2. The SMILES string of the molecule is OB(O)C1CCOC2(CCC2)C1. The Labute approximate surface area is 72.9 Å². The molecule has 0 amide bonds. The van der Waals surface area contributed by atoms with Crippen LogP contribution < -0.4 is 0 Å². The number of ether oxygens (including phenoxy) is 1. The Kier molecular flexibility index (Phi) is 2.15. The van der Waals surface area contributed by atoms with Crippen LogP contribution in [0.4, 0.5) is 0 Å². The Morgan fingerprint density at radius 2 is 2.08 bits per heavy atom. The average Bonchev–Trinajstić information content (AvgIpc) is 2.02. The average molecular weight is 170 g/mol. The second kappa shape index (κ2) is 3.02. The third-order valence-electron chi connectivity index (χ3n) is 3.22. The molecule has 2 aliphatic rings. The van der Waals surface area contributed by atoms with Crippen LogP contribution in [0.15, 0.2) is 0 Å². The lowest BCUT2D eigenvalue weighted by Crippen LogP contribution is -2.46. The fourth-order valence-electron chi connectivity index (χ4n) is 2.24. The first-order chi connectivity index (χ1) is 5.72. The fraction of sp³-hybridized carbons (Fsp3) is 1.00. The molecule has 0 bridgehead atoms. The highest BCUT2D eigenvalue weighted by molar-refractivity contribution is 6.43. The van der Waals surface area contributed by atoms with E-state index in [-0.39, 0.29) is 11.4 Å². The summed E-state index contributed by atoms with van der Waals surface area (Å²) in [6, 6.07) is 0. The van der Waals surface area contributed by atoms with Gasteiger partial charge in [0.25, 0.3) is 0 Å². The molecule has 1 saturated carbocycles. The molecule has 0 aromatic rings. The Balaban J connectivity index is 1.94. The quantitative estimate of drug-likeness (QED) is 0.565. The first-order valence-electron chi connectivity index (χ1n) is 4.72. The molecule has 0 aromatic heterocycles. The maximum atomic E-state index is 9.03. The normalized spacial score (nSPS) is 33.0. The minimum Gasteiger partial charge on any atom is -0.427 e. The summed E-state index contributed by atoms with van der Waals surface area (Å²) in [5.74, 6) is 0.0408. The first-order valence-corrected chi connectivity index (χ1v) is 4.72. The van der Waals surface area contributed by atoms with Crippen molar-refractivity contribution in [2.24, 2.45) is 0 Å². The van der Waals surface area contributed by atoms with Gasteiger partial charge in [0.05, 0.1) is 5.60 Å². The van der Waals surface area contributed by atoms with Crippen molar-refractivity contribution >= 4 is 7.12 Å². The van der Waals surface area contributed by atoms with Crippen LogP contribution in [0.5, 0.6) is 0 Å². The molecule has 1 spiro atoms. The maximum absolute atomic E-state index is 9.03. The van der Waals surface area contributed by atoms with Gasteiger partial charge >= 0.3 is 7.12 Å².